The SMILES string of the molecule is CC1Cc2cc(-c3ccccc3F)cc(F)c2O1. The predicted octanol–water partition coefficient (Wildman–Crippen LogP) is 3.96. The molecule has 0 bridgehead atoms. The van der Waals surface area contributed by atoms with Crippen molar-refractivity contribution in [1.82, 2.24) is 0 Å². The van der Waals surface area contributed by atoms with Gasteiger partial charge in [0.1, 0.15) is 11.9 Å². The third kappa shape index (κ3) is 1.76. The molecular formula is C15H12F2O. The highest BCUT2D eigenvalue weighted by molar-refractivity contribution is 5.67. The zero-order chi connectivity index (χ0) is 12.7. The predicted molar refractivity (Wildman–Crippen MR) is 65.6 cm³/mol. The number of rotatable bonds is 1. The summed E-state index contributed by atoms with van der Waals surface area (Å²) in [5, 5.41) is 0. The van der Waals surface area contributed by atoms with Gasteiger partial charge in [0.05, 0.1) is 0 Å². The molecule has 2 aromatic rings. The average Bonchev–Trinajstić information content (AvgIpc) is 2.71. The molecule has 0 aliphatic carbocycles. The Bertz CT molecular complexity index is 607. The second kappa shape index (κ2) is 4.09. The van der Waals surface area contributed by atoms with Gasteiger partial charge in [0.15, 0.2) is 11.6 Å². The molecule has 1 aliphatic heterocycles. The van der Waals surface area contributed by atoms with Crippen LogP contribution in [0.5, 0.6) is 5.75 Å². The van der Waals surface area contributed by atoms with E-state index in [4.69, 9.17) is 4.74 Å². The maximum absolute atomic E-state index is 13.9. The van der Waals surface area contributed by atoms with Crippen LogP contribution in [-0.2, 0) is 6.42 Å². The van der Waals surface area contributed by atoms with Gasteiger partial charge in [-0.05, 0) is 30.7 Å². The van der Waals surface area contributed by atoms with Crippen molar-refractivity contribution >= 4 is 0 Å². The number of ether oxygens (including phenoxy) is 1. The van der Waals surface area contributed by atoms with E-state index in [1.165, 1.54) is 12.1 Å². The van der Waals surface area contributed by atoms with Crippen molar-refractivity contribution in [1.29, 1.82) is 0 Å². The molecule has 0 N–H and O–H groups in total. The van der Waals surface area contributed by atoms with Gasteiger partial charge in [-0.1, -0.05) is 18.2 Å². The molecule has 0 amide bonds. The number of halogens is 2. The van der Waals surface area contributed by atoms with Crippen LogP contribution in [0.3, 0.4) is 0 Å². The maximum atomic E-state index is 13.9. The van der Waals surface area contributed by atoms with Crippen LogP contribution >= 0.6 is 0 Å². The number of benzene rings is 2. The molecule has 3 rings (SSSR count). The normalized spacial score (nSPS) is 17.4. The van der Waals surface area contributed by atoms with E-state index in [0.717, 1.165) is 5.56 Å². The topological polar surface area (TPSA) is 9.23 Å². The van der Waals surface area contributed by atoms with Crippen molar-refractivity contribution in [2.75, 3.05) is 0 Å². The molecule has 2 aromatic carbocycles. The summed E-state index contributed by atoms with van der Waals surface area (Å²) in [4.78, 5) is 0. The maximum Gasteiger partial charge on any atom is 0.165 e. The van der Waals surface area contributed by atoms with Crippen molar-refractivity contribution in [2.24, 2.45) is 0 Å². The average molecular weight is 246 g/mol. The summed E-state index contributed by atoms with van der Waals surface area (Å²) in [6.45, 7) is 1.89. The molecule has 18 heavy (non-hydrogen) atoms. The number of fused-ring (bicyclic) bond motifs is 1. The van der Waals surface area contributed by atoms with E-state index in [0.29, 0.717) is 23.3 Å². The summed E-state index contributed by atoms with van der Waals surface area (Å²) in [5.74, 6) is -0.457. The summed E-state index contributed by atoms with van der Waals surface area (Å²) in [5.41, 5.74) is 1.78. The van der Waals surface area contributed by atoms with Gasteiger partial charge in [0.2, 0.25) is 0 Å². The van der Waals surface area contributed by atoms with Gasteiger partial charge >= 0.3 is 0 Å². The zero-order valence-electron chi connectivity index (χ0n) is 9.91. The minimum absolute atomic E-state index is 0.0228. The van der Waals surface area contributed by atoms with E-state index < -0.39 is 5.82 Å². The van der Waals surface area contributed by atoms with E-state index >= 15 is 0 Å². The van der Waals surface area contributed by atoms with Gasteiger partial charge in [-0.2, -0.15) is 0 Å². The Labute approximate surface area is 104 Å². The molecule has 92 valence electrons. The molecule has 1 aliphatic rings. The fraction of sp³-hybridized carbons (Fsp3) is 0.200. The Kier molecular flexibility index (Phi) is 2.54. The highest BCUT2D eigenvalue weighted by Crippen LogP contribution is 2.36. The first-order valence-corrected chi connectivity index (χ1v) is 5.89. The third-order valence-electron chi connectivity index (χ3n) is 3.13. The summed E-state index contributed by atoms with van der Waals surface area (Å²) >= 11 is 0. The lowest BCUT2D eigenvalue weighted by molar-refractivity contribution is 0.245. The summed E-state index contributed by atoms with van der Waals surface area (Å²) in [7, 11) is 0. The molecule has 0 spiro atoms. The van der Waals surface area contributed by atoms with Crippen LogP contribution < -0.4 is 4.74 Å². The molecular weight excluding hydrogens is 234 g/mol. The lowest BCUT2D eigenvalue weighted by atomic mass is 10.0. The Morgan fingerprint density at radius 3 is 2.67 bits per heavy atom. The molecule has 0 aromatic heterocycles. The molecule has 3 heteroatoms. The molecule has 1 unspecified atom stereocenters. The Hall–Kier alpha value is -1.90. The third-order valence-corrected chi connectivity index (χ3v) is 3.13. The fourth-order valence-electron chi connectivity index (χ4n) is 2.34. The molecule has 1 atom stereocenters. The van der Waals surface area contributed by atoms with Crippen LogP contribution in [0.15, 0.2) is 36.4 Å². The second-order valence-electron chi connectivity index (χ2n) is 4.56. The van der Waals surface area contributed by atoms with E-state index in [1.54, 1.807) is 24.3 Å². The van der Waals surface area contributed by atoms with Crippen LogP contribution in [0.1, 0.15) is 12.5 Å². The van der Waals surface area contributed by atoms with E-state index in [-0.39, 0.29) is 11.9 Å². The first-order chi connectivity index (χ1) is 8.65. The largest absolute Gasteiger partial charge is 0.487 e. The highest BCUT2D eigenvalue weighted by Gasteiger charge is 2.24. The molecule has 1 nitrogen and oxygen atoms in total. The zero-order valence-corrected chi connectivity index (χ0v) is 9.91. The first kappa shape index (κ1) is 11.2. The first-order valence-electron chi connectivity index (χ1n) is 5.89. The van der Waals surface area contributed by atoms with Crippen molar-refractivity contribution in [3.05, 3.63) is 53.6 Å². The van der Waals surface area contributed by atoms with E-state index in [1.807, 2.05) is 6.92 Å². The monoisotopic (exact) mass is 246 g/mol. The van der Waals surface area contributed by atoms with Crippen molar-refractivity contribution in [3.63, 3.8) is 0 Å². The summed E-state index contributed by atoms with van der Waals surface area (Å²) in [6, 6.07) is 9.52. The van der Waals surface area contributed by atoms with E-state index in [2.05, 4.69) is 0 Å². The van der Waals surface area contributed by atoms with E-state index in [9.17, 15) is 8.78 Å². The molecule has 0 radical (unpaired) electrons. The summed E-state index contributed by atoms with van der Waals surface area (Å²) < 4.78 is 33.0. The minimum atomic E-state index is -0.421. The van der Waals surface area contributed by atoms with Gasteiger partial charge in [-0.25, -0.2) is 8.78 Å². The lowest BCUT2D eigenvalue weighted by Gasteiger charge is -2.07. The van der Waals surface area contributed by atoms with Gasteiger partial charge in [-0.3, -0.25) is 0 Å². The Morgan fingerprint density at radius 2 is 1.89 bits per heavy atom. The molecule has 1 heterocycles. The fourth-order valence-corrected chi connectivity index (χ4v) is 2.34. The van der Waals surface area contributed by atoms with Crippen LogP contribution in [0.2, 0.25) is 0 Å². The quantitative estimate of drug-likeness (QED) is 0.740. The van der Waals surface area contributed by atoms with Crippen molar-refractivity contribution in [2.45, 2.75) is 19.4 Å². The number of hydrogen-bond acceptors (Lipinski definition) is 1. The molecule has 0 fully saturated rings. The lowest BCUT2D eigenvalue weighted by Crippen LogP contribution is -2.05. The molecule has 0 saturated carbocycles. The van der Waals surface area contributed by atoms with Crippen LogP contribution in [-0.4, -0.2) is 6.10 Å². The van der Waals surface area contributed by atoms with Gasteiger partial charge in [-0.15, -0.1) is 0 Å². The van der Waals surface area contributed by atoms with Crippen molar-refractivity contribution in [3.8, 4) is 16.9 Å². The highest BCUT2D eigenvalue weighted by atomic mass is 19.1. The van der Waals surface area contributed by atoms with Crippen LogP contribution in [0.25, 0.3) is 11.1 Å². The summed E-state index contributed by atoms with van der Waals surface area (Å²) in [6.07, 6.45) is 0.638. The standard InChI is InChI=1S/C15H12F2O/c1-9-6-11-7-10(8-14(17)15(11)18-9)12-4-2-3-5-13(12)16/h2-5,7-9H,6H2,1H3. The van der Waals surface area contributed by atoms with Crippen LogP contribution in [0.4, 0.5) is 8.78 Å². The second-order valence-corrected chi connectivity index (χ2v) is 4.56. The van der Waals surface area contributed by atoms with Gasteiger partial charge < -0.3 is 4.74 Å². The van der Waals surface area contributed by atoms with Crippen LogP contribution in [0, 0.1) is 11.6 Å². The Balaban J connectivity index is 2.14. The van der Waals surface area contributed by atoms with Gasteiger partial charge in [0.25, 0.3) is 0 Å². The smallest absolute Gasteiger partial charge is 0.165 e. The molecule has 0 saturated heterocycles. The van der Waals surface area contributed by atoms with Gasteiger partial charge in [0, 0.05) is 17.5 Å². The van der Waals surface area contributed by atoms with Crippen molar-refractivity contribution < 1.29 is 13.5 Å². The minimum Gasteiger partial charge on any atom is -0.487 e. The number of hydrogen-bond donors (Lipinski definition) is 0. The Morgan fingerprint density at radius 1 is 1.11 bits per heavy atom.